The van der Waals surface area contributed by atoms with Gasteiger partial charge in [0.25, 0.3) is 0 Å². The van der Waals surface area contributed by atoms with Crippen molar-refractivity contribution in [1.29, 1.82) is 0 Å². The van der Waals surface area contributed by atoms with Gasteiger partial charge in [0, 0.05) is 0 Å². The molecule has 84 valence electrons. The molecule has 6 nitrogen and oxygen atoms in total. The molecule has 0 spiro atoms. The highest BCUT2D eigenvalue weighted by atomic mass is 16.6. The van der Waals surface area contributed by atoms with E-state index in [1.54, 1.807) is 6.33 Å². The predicted molar refractivity (Wildman–Crippen MR) is 62.4 cm³/mol. The number of benzene rings is 1. The molecular formula is C11H9N5O. The maximum Gasteiger partial charge on any atom is 0.189 e. The molecule has 0 radical (unpaired) electrons. The molecule has 2 aromatic heterocycles. The molecule has 0 aliphatic rings. The Morgan fingerprint density at radius 2 is 1.94 bits per heavy atom. The molecule has 2 heterocycles. The summed E-state index contributed by atoms with van der Waals surface area (Å²) in [5, 5.41) is 0. The van der Waals surface area contributed by atoms with Crippen molar-refractivity contribution in [3.05, 3.63) is 43.0 Å². The third kappa shape index (κ3) is 1.87. The van der Waals surface area contributed by atoms with E-state index in [2.05, 4.69) is 25.4 Å². The van der Waals surface area contributed by atoms with Crippen LogP contribution in [-0.2, 0) is 0 Å². The average molecular weight is 227 g/mol. The summed E-state index contributed by atoms with van der Waals surface area (Å²) >= 11 is 0. The Hall–Kier alpha value is -2.63. The second-order valence-electron chi connectivity index (χ2n) is 3.34. The van der Waals surface area contributed by atoms with Crippen LogP contribution in [0.25, 0.3) is 11.2 Å². The molecule has 0 amide bonds. The van der Waals surface area contributed by atoms with Crippen molar-refractivity contribution in [3.63, 3.8) is 0 Å². The molecule has 3 rings (SSSR count). The second-order valence-corrected chi connectivity index (χ2v) is 3.34. The average Bonchev–Trinajstić information content (AvgIpc) is 2.86. The summed E-state index contributed by atoms with van der Waals surface area (Å²) in [7, 11) is 0. The maximum atomic E-state index is 5.38. The molecule has 0 saturated heterocycles. The van der Waals surface area contributed by atoms with E-state index in [-0.39, 0.29) is 0 Å². The summed E-state index contributed by atoms with van der Waals surface area (Å²) < 4.78 is 0. The Labute approximate surface area is 96.7 Å². The normalized spacial score (nSPS) is 10.4. The fourth-order valence-corrected chi connectivity index (χ4v) is 1.44. The van der Waals surface area contributed by atoms with Crippen LogP contribution in [0, 0.1) is 0 Å². The Morgan fingerprint density at radius 1 is 1.06 bits per heavy atom. The molecular weight excluding hydrogens is 218 g/mol. The number of aromatic amines is 1. The highest BCUT2D eigenvalue weighted by Crippen LogP contribution is 2.16. The number of imidazole rings is 1. The van der Waals surface area contributed by atoms with Gasteiger partial charge in [0.15, 0.2) is 17.2 Å². The quantitative estimate of drug-likeness (QED) is 0.667. The van der Waals surface area contributed by atoms with Gasteiger partial charge in [-0.1, -0.05) is 18.2 Å². The lowest BCUT2D eigenvalue weighted by atomic mass is 10.3. The topological polar surface area (TPSA) is 75.7 Å². The van der Waals surface area contributed by atoms with Crippen LogP contribution in [-0.4, -0.2) is 19.9 Å². The predicted octanol–water partition coefficient (Wildman–Crippen LogP) is 1.76. The smallest absolute Gasteiger partial charge is 0.189 e. The number of nitrogens with one attached hydrogen (secondary N) is 2. The van der Waals surface area contributed by atoms with Crippen LogP contribution in [0.5, 0.6) is 5.75 Å². The highest BCUT2D eigenvalue weighted by molar-refractivity contribution is 5.81. The van der Waals surface area contributed by atoms with Crippen LogP contribution in [0.4, 0.5) is 5.82 Å². The first-order valence-electron chi connectivity index (χ1n) is 5.05. The Kier molecular flexibility index (Phi) is 2.31. The monoisotopic (exact) mass is 227 g/mol. The van der Waals surface area contributed by atoms with E-state index in [0.717, 1.165) is 0 Å². The maximum absolute atomic E-state index is 5.38. The number of anilines is 1. The van der Waals surface area contributed by atoms with Crippen molar-refractivity contribution < 1.29 is 4.84 Å². The summed E-state index contributed by atoms with van der Waals surface area (Å²) in [5.74, 6) is 1.26. The van der Waals surface area contributed by atoms with Crippen LogP contribution < -0.4 is 10.3 Å². The van der Waals surface area contributed by atoms with Crippen LogP contribution >= 0.6 is 0 Å². The number of hydrogen-bond acceptors (Lipinski definition) is 5. The van der Waals surface area contributed by atoms with E-state index in [9.17, 15) is 0 Å². The molecule has 0 saturated carbocycles. The standard InChI is InChI=1S/C11H9N5O/c1-2-4-8(5-3-1)17-16-11-9-10(13-6-12-9)14-7-15-11/h1-7H,(H2,12,13,14,15,16). The largest absolute Gasteiger partial charge is 0.381 e. The summed E-state index contributed by atoms with van der Waals surface area (Å²) in [6.07, 6.45) is 2.99. The van der Waals surface area contributed by atoms with Crippen molar-refractivity contribution in [2.75, 3.05) is 5.48 Å². The van der Waals surface area contributed by atoms with Gasteiger partial charge in [0.2, 0.25) is 0 Å². The van der Waals surface area contributed by atoms with Gasteiger partial charge in [-0.05, 0) is 12.1 Å². The van der Waals surface area contributed by atoms with Gasteiger partial charge in [0.05, 0.1) is 6.33 Å². The second kappa shape index (κ2) is 4.09. The third-order valence-corrected chi connectivity index (χ3v) is 2.23. The lowest BCUT2D eigenvalue weighted by Gasteiger charge is -2.06. The molecule has 0 bridgehead atoms. The number of rotatable bonds is 3. The van der Waals surface area contributed by atoms with Crippen LogP contribution in [0.3, 0.4) is 0 Å². The van der Waals surface area contributed by atoms with E-state index >= 15 is 0 Å². The van der Waals surface area contributed by atoms with Crippen molar-refractivity contribution in [2.45, 2.75) is 0 Å². The molecule has 0 aliphatic carbocycles. The number of para-hydroxylation sites is 1. The van der Waals surface area contributed by atoms with Crippen molar-refractivity contribution >= 4 is 17.0 Å². The van der Waals surface area contributed by atoms with Gasteiger partial charge in [0.1, 0.15) is 11.8 Å². The molecule has 0 fully saturated rings. The van der Waals surface area contributed by atoms with Crippen molar-refractivity contribution in [2.24, 2.45) is 0 Å². The fourth-order valence-electron chi connectivity index (χ4n) is 1.44. The Bertz CT molecular complexity index is 622. The number of nitrogens with zero attached hydrogens (tertiary/aromatic N) is 3. The zero-order valence-corrected chi connectivity index (χ0v) is 8.79. The fraction of sp³-hybridized carbons (Fsp3) is 0. The van der Waals surface area contributed by atoms with E-state index < -0.39 is 0 Å². The Morgan fingerprint density at radius 3 is 2.82 bits per heavy atom. The van der Waals surface area contributed by atoms with E-state index in [0.29, 0.717) is 22.7 Å². The molecule has 0 aliphatic heterocycles. The van der Waals surface area contributed by atoms with Crippen LogP contribution in [0.1, 0.15) is 0 Å². The molecule has 1 aromatic carbocycles. The van der Waals surface area contributed by atoms with E-state index in [1.165, 1.54) is 6.33 Å². The minimum Gasteiger partial charge on any atom is -0.381 e. The summed E-state index contributed by atoms with van der Waals surface area (Å²) in [6.45, 7) is 0. The first-order valence-corrected chi connectivity index (χ1v) is 5.05. The van der Waals surface area contributed by atoms with Crippen molar-refractivity contribution in [3.8, 4) is 5.75 Å². The van der Waals surface area contributed by atoms with Gasteiger partial charge in [-0.2, -0.15) is 0 Å². The zero-order valence-electron chi connectivity index (χ0n) is 8.79. The minimum atomic E-state index is 0.552. The molecule has 6 heteroatoms. The molecule has 3 aromatic rings. The van der Waals surface area contributed by atoms with Gasteiger partial charge in [-0.25, -0.2) is 20.4 Å². The summed E-state index contributed by atoms with van der Waals surface area (Å²) in [5.41, 5.74) is 4.08. The highest BCUT2D eigenvalue weighted by Gasteiger charge is 2.05. The summed E-state index contributed by atoms with van der Waals surface area (Å²) in [6, 6.07) is 9.40. The van der Waals surface area contributed by atoms with E-state index in [1.807, 2.05) is 30.3 Å². The van der Waals surface area contributed by atoms with Gasteiger partial charge in [-0.15, -0.1) is 0 Å². The third-order valence-electron chi connectivity index (χ3n) is 2.23. The molecule has 2 N–H and O–H groups in total. The van der Waals surface area contributed by atoms with Crippen LogP contribution in [0.2, 0.25) is 0 Å². The first kappa shape index (κ1) is 9.59. The molecule has 17 heavy (non-hydrogen) atoms. The van der Waals surface area contributed by atoms with Gasteiger partial charge < -0.3 is 9.82 Å². The summed E-state index contributed by atoms with van der Waals surface area (Å²) in [4.78, 5) is 20.4. The molecule has 0 unspecified atom stereocenters. The minimum absolute atomic E-state index is 0.552. The molecule has 0 atom stereocenters. The van der Waals surface area contributed by atoms with Crippen molar-refractivity contribution in [1.82, 2.24) is 19.9 Å². The number of aromatic nitrogens is 4. The van der Waals surface area contributed by atoms with Gasteiger partial charge >= 0.3 is 0 Å². The number of H-pyrrole nitrogens is 1. The number of hydrogen-bond donors (Lipinski definition) is 2. The first-order chi connectivity index (χ1) is 8.43. The van der Waals surface area contributed by atoms with Gasteiger partial charge in [-0.3, -0.25) is 0 Å². The zero-order chi connectivity index (χ0) is 11.5. The SMILES string of the molecule is c1ccc(ONc2ncnc3nc[nH]c23)cc1. The lowest BCUT2D eigenvalue weighted by molar-refractivity contribution is 0.403. The van der Waals surface area contributed by atoms with E-state index in [4.69, 9.17) is 4.84 Å². The Balaban J connectivity index is 1.84. The number of fused-ring (bicyclic) bond motifs is 1. The lowest BCUT2D eigenvalue weighted by Crippen LogP contribution is -2.07. The van der Waals surface area contributed by atoms with Crippen LogP contribution in [0.15, 0.2) is 43.0 Å².